The zero-order valence-electron chi connectivity index (χ0n) is 13.0. The van der Waals surface area contributed by atoms with E-state index in [1.807, 2.05) is 18.2 Å². The van der Waals surface area contributed by atoms with Crippen molar-refractivity contribution in [3.05, 3.63) is 59.2 Å². The summed E-state index contributed by atoms with van der Waals surface area (Å²) in [6, 6.07) is 14.1. The number of fused-ring (bicyclic) bond motifs is 1. The zero-order chi connectivity index (χ0) is 17.2. The molecular weight excluding hydrogens is 344 g/mol. The summed E-state index contributed by atoms with van der Waals surface area (Å²) < 4.78 is 16.0. The summed E-state index contributed by atoms with van der Waals surface area (Å²) in [5, 5.41) is 7.35. The number of rotatable bonds is 4. The Labute approximate surface area is 148 Å². The summed E-state index contributed by atoms with van der Waals surface area (Å²) in [6.45, 7) is 0.214. The van der Waals surface area contributed by atoms with Gasteiger partial charge in [0.1, 0.15) is 0 Å². The standard InChI is InChI=1S/C18H13ClN2O4/c19-12-2-4-13(5-3-12)20-18(22)9-14-8-16(25-21-14)11-1-6-15-17(7-11)24-10-23-15/h1-8H,9-10H2,(H,20,22). The lowest BCUT2D eigenvalue weighted by Gasteiger charge is -2.03. The number of hydrogen-bond donors (Lipinski definition) is 1. The van der Waals surface area contributed by atoms with E-state index in [1.165, 1.54) is 0 Å². The van der Waals surface area contributed by atoms with Crippen LogP contribution < -0.4 is 14.8 Å². The highest BCUT2D eigenvalue weighted by molar-refractivity contribution is 6.30. The fourth-order valence-corrected chi connectivity index (χ4v) is 2.61. The molecule has 1 amide bonds. The van der Waals surface area contributed by atoms with E-state index in [2.05, 4.69) is 10.5 Å². The molecule has 2 heterocycles. The van der Waals surface area contributed by atoms with Crippen LogP contribution in [-0.2, 0) is 11.2 Å². The van der Waals surface area contributed by atoms with Crippen LogP contribution in [0.15, 0.2) is 53.1 Å². The third-order valence-electron chi connectivity index (χ3n) is 3.69. The van der Waals surface area contributed by atoms with E-state index in [0.29, 0.717) is 33.7 Å². The maximum Gasteiger partial charge on any atom is 0.231 e. The first-order chi connectivity index (χ1) is 12.2. The van der Waals surface area contributed by atoms with Crippen molar-refractivity contribution in [2.24, 2.45) is 0 Å². The van der Waals surface area contributed by atoms with Crippen molar-refractivity contribution in [1.82, 2.24) is 5.16 Å². The van der Waals surface area contributed by atoms with Gasteiger partial charge in [0.05, 0.1) is 12.1 Å². The van der Waals surface area contributed by atoms with Crippen molar-refractivity contribution in [2.45, 2.75) is 6.42 Å². The van der Waals surface area contributed by atoms with Crippen molar-refractivity contribution < 1.29 is 18.8 Å². The Hall–Kier alpha value is -2.99. The van der Waals surface area contributed by atoms with Gasteiger partial charge in [-0.15, -0.1) is 0 Å². The molecule has 3 aromatic rings. The number of ether oxygens (including phenoxy) is 2. The molecule has 6 nitrogen and oxygen atoms in total. The molecular formula is C18H13ClN2O4. The molecule has 1 aliphatic heterocycles. The van der Waals surface area contributed by atoms with Gasteiger partial charge in [-0.05, 0) is 42.5 Å². The number of aromatic nitrogens is 1. The lowest BCUT2D eigenvalue weighted by molar-refractivity contribution is -0.115. The average Bonchev–Trinajstić information content (AvgIpc) is 3.25. The van der Waals surface area contributed by atoms with Crippen LogP contribution in [0.5, 0.6) is 11.5 Å². The van der Waals surface area contributed by atoms with Crippen LogP contribution in [0.1, 0.15) is 5.69 Å². The highest BCUT2D eigenvalue weighted by atomic mass is 35.5. The first-order valence-corrected chi connectivity index (χ1v) is 7.96. The van der Waals surface area contributed by atoms with E-state index < -0.39 is 0 Å². The Kier molecular flexibility index (Phi) is 4.03. The van der Waals surface area contributed by atoms with Gasteiger partial charge in [-0.2, -0.15) is 0 Å². The average molecular weight is 357 g/mol. The maximum atomic E-state index is 12.1. The molecule has 1 aliphatic rings. The molecule has 2 aromatic carbocycles. The molecule has 126 valence electrons. The summed E-state index contributed by atoms with van der Waals surface area (Å²) in [6.07, 6.45) is 0.108. The molecule has 7 heteroatoms. The Balaban J connectivity index is 1.44. The van der Waals surface area contributed by atoms with Gasteiger partial charge in [-0.1, -0.05) is 16.8 Å². The van der Waals surface area contributed by atoms with E-state index in [4.69, 9.17) is 25.6 Å². The molecule has 4 rings (SSSR count). The molecule has 0 radical (unpaired) electrons. The highest BCUT2D eigenvalue weighted by Crippen LogP contribution is 2.36. The van der Waals surface area contributed by atoms with E-state index >= 15 is 0 Å². The molecule has 0 spiro atoms. The smallest absolute Gasteiger partial charge is 0.231 e. The lowest BCUT2D eigenvalue weighted by Crippen LogP contribution is -2.14. The zero-order valence-corrected chi connectivity index (χ0v) is 13.7. The lowest BCUT2D eigenvalue weighted by atomic mass is 10.1. The van der Waals surface area contributed by atoms with Gasteiger partial charge >= 0.3 is 0 Å². The van der Waals surface area contributed by atoms with Crippen LogP contribution >= 0.6 is 11.6 Å². The van der Waals surface area contributed by atoms with Crippen LogP contribution in [-0.4, -0.2) is 17.9 Å². The molecule has 1 N–H and O–H groups in total. The minimum atomic E-state index is -0.187. The maximum absolute atomic E-state index is 12.1. The molecule has 0 unspecified atom stereocenters. The number of halogens is 1. The molecule has 0 saturated heterocycles. The van der Waals surface area contributed by atoms with E-state index in [0.717, 1.165) is 5.56 Å². The van der Waals surface area contributed by atoms with Crippen LogP contribution in [0.25, 0.3) is 11.3 Å². The van der Waals surface area contributed by atoms with Crippen LogP contribution in [0.2, 0.25) is 5.02 Å². The molecule has 0 atom stereocenters. The molecule has 25 heavy (non-hydrogen) atoms. The predicted molar refractivity (Wildman–Crippen MR) is 91.8 cm³/mol. The number of anilines is 1. The SMILES string of the molecule is O=C(Cc1cc(-c2ccc3c(c2)OCO3)on1)Nc1ccc(Cl)cc1. The number of nitrogens with zero attached hydrogens (tertiary/aromatic N) is 1. The first kappa shape index (κ1) is 15.5. The van der Waals surface area contributed by atoms with Crippen LogP contribution in [0.4, 0.5) is 5.69 Å². The largest absolute Gasteiger partial charge is 0.454 e. The second-order valence-corrected chi connectivity index (χ2v) is 5.92. The summed E-state index contributed by atoms with van der Waals surface area (Å²) >= 11 is 5.82. The molecule has 1 aromatic heterocycles. The van der Waals surface area contributed by atoms with E-state index in [1.54, 1.807) is 30.3 Å². The van der Waals surface area contributed by atoms with Gasteiger partial charge in [0, 0.05) is 22.3 Å². The van der Waals surface area contributed by atoms with Gasteiger partial charge < -0.3 is 19.3 Å². The van der Waals surface area contributed by atoms with Gasteiger partial charge in [0.15, 0.2) is 17.3 Å². The second-order valence-electron chi connectivity index (χ2n) is 5.48. The number of amides is 1. The van der Waals surface area contributed by atoms with E-state index in [-0.39, 0.29) is 19.1 Å². The Morgan fingerprint density at radius 2 is 1.88 bits per heavy atom. The van der Waals surface area contributed by atoms with E-state index in [9.17, 15) is 4.79 Å². The number of carbonyl (C=O) groups excluding carboxylic acids is 1. The number of benzene rings is 2. The van der Waals surface area contributed by atoms with Gasteiger partial charge in [-0.3, -0.25) is 4.79 Å². The number of hydrogen-bond acceptors (Lipinski definition) is 5. The number of nitrogens with one attached hydrogen (secondary N) is 1. The predicted octanol–water partition coefficient (Wildman–Crippen LogP) is 3.90. The van der Waals surface area contributed by atoms with Crippen LogP contribution in [0, 0.1) is 0 Å². The summed E-state index contributed by atoms with van der Waals surface area (Å²) in [5.41, 5.74) is 2.02. The van der Waals surface area contributed by atoms with Gasteiger partial charge in [0.25, 0.3) is 0 Å². The quantitative estimate of drug-likeness (QED) is 0.767. The minimum absolute atomic E-state index is 0.108. The summed E-state index contributed by atoms with van der Waals surface area (Å²) in [7, 11) is 0. The van der Waals surface area contributed by atoms with Crippen molar-refractivity contribution in [3.8, 4) is 22.8 Å². The third-order valence-corrected chi connectivity index (χ3v) is 3.94. The fraction of sp³-hybridized carbons (Fsp3) is 0.111. The molecule has 0 fully saturated rings. The fourth-order valence-electron chi connectivity index (χ4n) is 2.48. The van der Waals surface area contributed by atoms with Gasteiger partial charge in [0.2, 0.25) is 12.7 Å². The van der Waals surface area contributed by atoms with Crippen molar-refractivity contribution in [1.29, 1.82) is 0 Å². The van der Waals surface area contributed by atoms with Crippen molar-refractivity contribution in [2.75, 3.05) is 12.1 Å². The Morgan fingerprint density at radius 1 is 1.08 bits per heavy atom. The molecule has 0 bridgehead atoms. The van der Waals surface area contributed by atoms with Gasteiger partial charge in [-0.25, -0.2) is 0 Å². The summed E-state index contributed by atoms with van der Waals surface area (Å²) in [4.78, 5) is 12.1. The second kappa shape index (κ2) is 6.49. The Morgan fingerprint density at radius 3 is 2.72 bits per heavy atom. The van der Waals surface area contributed by atoms with Crippen molar-refractivity contribution in [3.63, 3.8) is 0 Å². The van der Waals surface area contributed by atoms with Crippen molar-refractivity contribution >= 4 is 23.2 Å². The topological polar surface area (TPSA) is 73.6 Å². The summed E-state index contributed by atoms with van der Waals surface area (Å²) in [5.74, 6) is 1.74. The number of carbonyl (C=O) groups is 1. The Bertz CT molecular complexity index is 921. The third kappa shape index (κ3) is 3.44. The van der Waals surface area contributed by atoms with Crippen LogP contribution in [0.3, 0.4) is 0 Å². The minimum Gasteiger partial charge on any atom is -0.454 e. The molecule has 0 saturated carbocycles. The monoisotopic (exact) mass is 356 g/mol. The molecule has 0 aliphatic carbocycles. The highest BCUT2D eigenvalue weighted by Gasteiger charge is 2.16. The normalized spacial score (nSPS) is 12.2. The first-order valence-electron chi connectivity index (χ1n) is 7.58.